The fourth-order valence-corrected chi connectivity index (χ4v) is 3.03. The van der Waals surface area contributed by atoms with Crippen molar-refractivity contribution in [3.05, 3.63) is 70.2 Å². The van der Waals surface area contributed by atoms with Gasteiger partial charge in [0, 0.05) is 42.2 Å². The molecule has 1 N–H and O–H groups in total. The second-order valence-electron chi connectivity index (χ2n) is 6.31. The standard InChI is InChI=1S/C22H25ClN2O3/c1-3-25(4-2)20(26)10-7-15-24-22(28)19-9-6-5-8-18(19)21(27)16-11-13-17(23)14-12-16/h5-6,8-9,11-14H,3-4,7,10,15H2,1-2H3,(H,24,28). The zero-order valence-corrected chi connectivity index (χ0v) is 17.0. The highest BCUT2D eigenvalue weighted by atomic mass is 35.5. The van der Waals surface area contributed by atoms with Gasteiger partial charge >= 0.3 is 0 Å². The highest BCUT2D eigenvalue weighted by Crippen LogP contribution is 2.17. The predicted octanol–water partition coefficient (Wildman–Crippen LogP) is 3.95. The lowest BCUT2D eigenvalue weighted by atomic mass is 9.98. The number of ketones is 1. The summed E-state index contributed by atoms with van der Waals surface area (Å²) < 4.78 is 0. The molecule has 0 atom stereocenters. The molecule has 5 nitrogen and oxygen atoms in total. The molecule has 148 valence electrons. The quantitative estimate of drug-likeness (QED) is 0.512. The van der Waals surface area contributed by atoms with Crippen molar-refractivity contribution in [1.82, 2.24) is 10.2 Å². The third-order valence-corrected chi connectivity index (χ3v) is 4.74. The van der Waals surface area contributed by atoms with E-state index in [1.807, 2.05) is 13.8 Å². The number of carbonyl (C=O) groups is 3. The minimum atomic E-state index is -0.326. The van der Waals surface area contributed by atoms with Crippen LogP contribution in [0.1, 0.15) is 53.0 Å². The lowest BCUT2D eigenvalue weighted by Gasteiger charge is -2.18. The molecular weight excluding hydrogens is 376 g/mol. The van der Waals surface area contributed by atoms with Crippen molar-refractivity contribution in [3.8, 4) is 0 Å². The van der Waals surface area contributed by atoms with E-state index >= 15 is 0 Å². The Morgan fingerprint density at radius 2 is 1.54 bits per heavy atom. The van der Waals surface area contributed by atoms with Crippen molar-refractivity contribution in [3.63, 3.8) is 0 Å². The van der Waals surface area contributed by atoms with E-state index in [1.165, 1.54) is 0 Å². The smallest absolute Gasteiger partial charge is 0.252 e. The van der Waals surface area contributed by atoms with E-state index in [-0.39, 0.29) is 17.6 Å². The van der Waals surface area contributed by atoms with Gasteiger partial charge in [-0.3, -0.25) is 14.4 Å². The zero-order valence-electron chi connectivity index (χ0n) is 16.2. The van der Waals surface area contributed by atoms with E-state index in [4.69, 9.17) is 11.6 Å². The molecule has 6 heteroatoms. The van der Waals surface area contributed by atoms with Gasteiger partial charge in [-0.2, -0.15) is 0 Å². The molecule has 0 saturated heterocycles. The molecule has 0 radical (unpaired) electrons. The molecule has 0 heterocycles. The van der Waals surface area contributed by atoms with Crippen LogP contribution in [0.3, 0.4) is 0 Å². The third kappa shape index (κ3) is 5.67. The Labute approximate surface area is 170 Å². The van der Waals surface area contributed by atoms with Crippen LogP contribution >= 0.6 is 11.6 Å². The van der Waals surface area contributed by atoms with Gasteiger partial charge in [-0.25, -0.2) is 0 Å². The largest absolute Gasteiger partial charge is 0.352 e. The van der Waals surface area contributed by atoms with Crippen molar-refractivity contribution in [2.24, 2.45) is 0 Å². The molecule has 0 saturated carbocycles. The van der Waals surface area contributed by atoms with Crippen molar-refractivity contribution in [2.45, 2.75) is 26.7 Å². The van der Waals surface area contributed by atoms with Gasteiger partial charge in [0.05, 0.1) is 5.56 Å². The molecule has 0 bridgehead atoms. The average Bonchev–Trinajstić information content (AvgIpc) is 2.72. The number of hydrogen-bond acceptors (Lipinski definition) is 3. The number of hydrogen-bond donors (Lipinski definition) is 1. The molecule has 2 aromatic carbocycles. The topological polar surface area (TPSA) is 66.5 Å². The first kappa shape index (κ1) is 21.6. The fraction of sp³-hybridized carbons (Fsp3) is 0.318. The molecule has 0 spiro atoms. The molecule has 0 aliphatic carbocycles. The molecule has 0 aromatic heterocycles. The normalized spacial score (nSPS) is 10.4. The third-order valence-electron chi connectivity index (χ3n) is 4.49. The van der Waals surface area contributed by atoms with E-state index in [1.54, 1.807) is 53.4 Å². The molecule has 28 heavy (non-hydrogen) atoms. The Morgan fingerprint density at radius 1 is 0.929 bits per heavy atom. The number of rotatable bonds is 9. The van der Waals surface area contributed by atoms with E-state index in [9.17, 15) is 14.4 Å². The monoisotopic (exact) mass is 400 g/mol. The van der Waals surface area contributed by atoms with Crippen LogP contribution < -0.4 is 5.32 Å². The number of carbonyl (C=O) groups excluding carboxylic acids is 3. The maximum absolute atomic E-state index is 12.8. The maximum Gasteiger partial charge on any atom is 0.252 e. The van der Waals surface area contributed by atoms with Gasteiger partial charge < -0.3 is 10.2 Å². The molecule has 0 aliphatic rings. The molecule has 2 amide bonds. The van der Waals surface area contributed by atoms with Crippen LogP contribution in [0.2, 0.25) is 5.02 Å². The second kappa shape index (κ2) is 10.6. The van der Waals surface area contributed by atoms with Crippen LogP contribution in [-0.2, 0) is 4.79 Å². The van der Waals surface area contributed by atoms with Gasteiger partial charge in [0.15, 0.2) is 5.78 Å². The number of benzene rings is 2. The lowest BCUT2D eigenvalue weighted by Crippen LogP contribution is -2.32. The first-order valence-corrected chi connectivity index (χ1v) is 9.81. The summed E-state index contributed by atoms with van der Waals surface area (Å²) in [6, 6.07) is 13.3. The zero-order chi connectivity index (χ0) is 20.5. The Morgan fingerprint density at radius 3 is 2.14 bits per heavy atom. The van der Waals surface area contributed by atoms with Gasteiger partial charge in [0.1, 0.15) is 0 Å². The van der Waals surface area contributed by atoms with Crippen molar-refractivity contribution in [1.29, 1.82) is 0 Å². The van der Waals surface area contributed by atoms with Crippen LogP contribution in [0.5, 0.6) is 0 Å². The van der Waals surface area contributed by atoms with Gasteiger partial charge in [0.2, 0.25) is 5.91 Å². The van der Waals surface area contributed by atoms with Crippen molar-refractivity contribution >= 4 is 29.2 Å². The Balaban J connectivity index is 2.00. The minimum absolute atomic E-state index is 0.0811. The molecule has 2 aromatic rings. The molecule has 2 rings (SSSR count). The summed E-state index contributed by atoms with van der Waals surface area (Å²) in [7, 11) is 0. The van der Waals surface area contributed by atoms with Gasteiger partial charge in [0.25, 0.3) is 5.91 Å². The highest BCUT2D eigenvalue weighted by molar-refractivity contribution is 6.30. The van der Waals surface area contributed by atoms with Crippen LogP contribution in [0.25, 0.3) is 0 Å². The molecule has 0 fully saturated rings. The molecular formula is C22H25ClN2O3. The Kier molecular flexibility index (Phi) is 8.20. The van der Waals surface area contributed by atoms with Gasteiger partial charge in [-0.15, -0.1) is 0 Å². The van der Waals surface area contributed by atoms with E-state index in [0.717, 1.165) is 0 Å². The van der Waals surface area contributed by atoms with E-state index in [2.05, 4.69) is 5.32 Å². The van der Waals surface area contributed by atoms with Crippen LogP contribution in [-0.4, -0.2) is 42.1 Å². The number of nitrogens with zero attached hydrogens (tertiary/aromatic N) is 1. The molecule has 0 aliphatic heterocycles. The Hall–Kier alpha value is -2.66. The summed E-state index contributed by atoms with van der Waals surface area (Å²) in [5.41, 5.74) is 1.12. The first-order valence-electron chi connectivity index (χ1n) is 9.43. The predicted molar refractivity (Wildman–Crippen MR) is 111 cm³/mol. The number of amides is 2. The molecule has 0 unspecified atom stereocenters. The number of nitrogens with one attached hydrogen (secondary N) is 1. The summed E-state index contributed by atoms with van der Waals surface area (Å²) in [5.74, 6) is -0.482. The van der Waals surface area contributed by atoms with E-state index < -0.39 is 0 Å². The summed E-state index contributed by atoms with van der Waals surface area (Å²) in [6.07, 6.45) is 0.932. The summed E-state index contributed by atoms with van der Waals surface area (Å²) in [6.45, 7) is 5.62. The lowest BCUT2D eigenvalue weighted by molar-refractivity contribution is -0.130. The van der Waals surface area contributed by atoms with E-state index in [0.29, 0.717) is 54.2 Å². The van der Waals surface area contributed by atoms with Gasteiger partial charge in [-0.1, -0.05) is 29.8 Å². The first-order chi connectivity index (χ1) is 13.5. The minimum Gasteiger partial charge on any atom is -0.352 e. The average molecular weight is 401 g/mol. The summed E-state index contributed by atoms with van der Waals surface area (Å²) in [5, 5.41) is 3.35. The number of halogens is 1. The van der Waals surface area contributed by atoms with Crippen LogP contribution in [0.4, 0.5) is 0 Å². The second-order valence-corrected chi connectivity index (χ2v) is 6.74. The van der Waals surface area contributed by atoms with Crippen molar-refractivity contribution in [2.75, 3.05) is 19.6 Å². The summed E-state index contributed by atoms with van der Waals surface area (Å²) >= 11 is 5.87. The fourth-order valence-electron chi connectivity index (χ4n) is 2.91. The van der Waals surface area contributed by atoms with Crippen molar-refractivity contribution < 1.29 is 14.4 Å². The summed E-state index contributed by atoms with van der Waals surface area (Å²) in [4.78, 5) is 39.1. The maximum atomic E-state index is 12.8. The van der Waals surface area contributed by atoms with Crippen LogP contribution in [0, 0.1) is 0 Å². The SMILES string of the molecule is CCN(CC)C(=O)CCCNC(=O)c1ccccc1C(=O)c1ccc(Cl)cc1. The van der Waals surface area contributed by atoms with Gasteiger partial charge in [-0.05, 0) is 50.6 Å². The Bertz CT molecular complexity index is 830. The van der Waals surface area contributed by atoms with Crippen LogP contribution in [0.15, 0.2) is 48.5 Å². The highest BCUT2D eigenvalue weighted by Gasteiger charge is 2.18.